The average molecular weight is 595 g/mol. The predicted octanol–water partition coefficient (Wildman–Crippen LogP) is 7.68. The molecule has 2 aromatic carbocycles. The van der Waals surface area contributed by atoms with Crippen LogP contribution in [0, 0.1) is 10.8 Å². The summed E-state index contributed by atoms with van der Waals surface area (Å²) in [7, 11) is 0. The predicted molar refractivity (Wildman–Crippen MR) is 167 cm³/mol. The van der Waals surface area contributed by atoms with Crippen LogP contribution in [0.5, 0.6) is 17.2 Å². The van der Waals surface area contributed by atoms with Crippen LogP contribution in [-0.4, -0.2) is 37.4 Å². The Kier molecular flexibility index (Phi) is 11.8. The van der Waals surface area contributed by atoms with Crippen LogP contribution in [0.15, 0.2) is 55.1 Å². The number of hydrogen-bond acceptors (Lipinski definition) is 8. The second kappa shape index (κ2) is 14.4. The van der Waals surface area contributed by atoms with Crippen LogP contribution in [-0.2, 0) is 24.5 Å². The van der Waals surface area contributed by atoms with Gasteiger partial charge in [-0.15, -0.1) is 6.58 Å². The van der Waals surface area contributed by atoms with E-state index in [4.69, 9.17) is 23.7 Å². The van der Waals surface area contributed by atoms with Gasteiger partial charge in [0.1, 0.15) is 17.2 Å². The molecule has 0 spiro atoms. The first kappa shape index (κ1) is 35.1. The molecule has 43 heavy (non-hydrogen) atoms. The molecule has 0 aliphatic heterocycles. The van der Waals surface area contributed by atoms with Gasteiger partial charge in [-0.1, -0.05) is 19.9 Å². The van der Waals surface area contributed by atoms with Gasteiger partial charge < -0.3 is 23.7 Å². The molecule has 2 aromatic rings. The van der Waals surface area contributed by atoms with Crippen molar-refractivity contribution >= 4 is 23.8 Å². The zero-order chi connectivity index (χ0) is 32.6. The summed E-state index contributed by atoms with van der Waals surface area (Å²) in [5.41, 5.74) is 0.117. The van der Waals surface area contributed by atoms with Gasteiger partial charge in [-0.2, -0.15) is 0 Å². The Morgan fingerprint density at radius 3 is 1.81 bits per heavy atom. The maximum Gasteiger partial charge on any atom is 0.314 e. The first-order valence-electron chi connectivity index (χ1n) is 14.3. The summed E-state index contributed by atoms with van der Waals surface area (Å²) in [6.45, 7) is 21.9. The fourth-order valence-electron chi connectivity index (χ4n) is 3.50. The number of esters is 2. The van der Waals surface area contributed by atoms with Crippen LogP contribution in [0.3, 0.4) is 0 Å². The number of rotatable bonds is 13. The van der Waals surface area contributed by atoms with Gasteiger partial charge in [0, 0.05) is 28.2 Å². The highest BCUT2D eigenvalue weighted by Gasteiger charge is 2.26. The molecule has 0 saturated carbocycles. The van der Waals surface area contributed by atoms with Crippen molar-refractivity contribution < 1.29 is 38.1 Å². The van der Waals surface area contributed by atoms with Gasteiger partial charge in [-0.25, -0.2) is 0 Å². The van der Waals surface area contributed by atoms with E-state index in [-0.39, 0.29) is 37.4 Å². The fourth-order valence-corrected chi connectivity index (χ4v) is 3.50. The average Bonchev–Trinajstić information content (AvgIpc) is 2.91. The molecular weight excluding hydrogens is 548 g/mol. The summed E-state index contributed by atoms with van der Waals surface area (Å²) in [4.78, 5) is 37.2. The van der Waals surface area contributed by atoms with Gasteiger partial charge in [-0.3, -0.25) is 14.4 Å². The van der Waals surface area contributed by atoms with Crippen LogP contribution in [0.25, 0.3) is 6.08 Å². The molecule has 8 heteroatoms. The second-order valence-electron chi connectivity index (χ2n) is 13.1. The highest BCUT2D eigenvalue weighted by atomic mass is 16.7. The minimum absolute atomic E-state index is 0.150. The van der Waals surface area contributed by atoms with Gasteiger partial charge in [0.2, 0.25) is 13.6 Å². The van der Waals surface area contributed by atoms with Crippen LogP contribution in [0.2, 0.25) is 0 Å². The molecule has 2 rings (SSSR count). The standard InChI is InChI=1S/C35H46O8/c1-12-35(10,11)27-19-25(29(43-23(2)3)20-30(27)40-22-42-32(38)34(7,8)9)15-18-28(36)24-13-16-26(17-14-24)39-21-41-31(37)33(4,5)6/h12-20,23H,1,21-22H2,2-11H3/b18-15+. The largest absolute Gasteiger partial charge is 0.490 e. The topological polar surface area (TPSA) is 97.4 Å². The molecule has 0 bridgehead atoms. The van der Waals surface area contributed by atoms with Gasteiger partial charge in [0.15, 0.2) is 5.78 Å². The number of carbonyl (C=O) groups is 3. The number of ether oxygens (including phenoxy) is 5. The molecule has 234 valence electrons. The third-order valence-electron chi connectivity index (χ3n) is 6.28. The molecule has 8 nitrogen and oxygen atoms in total. The Morgan fingerprint density at radius 2 is 1.33 bits per heavy atom. The van der Waals surface area contributed by atoms with Crippen LogP contribution in [0.1, 0.15) is 90.7 Å². The summed E-state index contributed by atoms with van der Waals surface area (Å²) in [6, 6.07) is 10.2. The van der Waals surface area contributed by atoms with E-state index in [0.29, 0.717) is 28.4 Å². The van der Waals surface area contributed by atoms with E-state index in [1.54, 1.807) is 84.0 Å². The molecule has 0 aliphatic carbocycles. The SMILES string of the molecule is C=CC(C)(C)c1cc(/C=C/C(=O)c2ccc(OCOC(=O)C(C)(C)C)cc2)c(OC(C)C)cc1OCOC(=O)C(C)(C)C. The molecule has 0 aromatic heterocycles. The first-order valence-corrected chi connectivity index (χ1v) is 14.3. The van der Waals surface area contributed by atoms with E-state index in [1.807, 2.05) is 33.8 Å². The lowest BCUT2D eigenvalue weighted by atomic mass is 9.83. The summed E-state index contributed by atoms with van der Waals surface area (Å²) in [6.07, 6.45) is 4.82. The van der Waals surface area contributed by atoms with Gasteiger partial charge in [0.25, 0.3) is 0 Å². The monoisotopic (exact) mass is 594 g/mol. The molecule has 0 atom stereocenters. The summed E-state index contributed by atoms with van der Waals surface area (Å²) < 4.78 is 27.9. The number of hydrogen-bond donors (Lipinski definition) is 0. The second-order valence-corrected chi connectivity index (χ2v) is 13.1. The Balaban J connectivity index is 2.29. The van der Waals surface area contributed by atoms with E-state index < -0.39 is 16.2 Å². The lowest BCUT2D eigenvalue weighted by molar-refractivity contribution is -0.160. The molecule has 0 fully saturated rings. The van der Waals surface area contributed by atoms with Crippen molar-refractivity contribution in [2.45, 2.75) is 80.8 Å². The number of allylic oxidation sites excluding steroid dienone is 2. The van der Waals surface area contributed by atoms with Crippen molar-refractivity contribution in [2.24, 2.45) is 10.8 Å². The number of ketones is 1. The molecular formula is C35H46O8. The summed E-state index contributed by atoms with van der Waals surface area (Å²) in [5.74, 6) is 0.490. The zero-order valence-corrected chi connectivity index (χ0v) is 27.2. The lowest BCUT2D eigenvalue weighted by Gasteiger charge is -2.26. The number of benzene rings is 2. The Hall–Kier alpha value is -4.07. The first-order chi connectivity index (χ1) is 19.8. The zero-order valence-electron chi connectivity index (χ0n) is 27.2. The van der Waals surface area contributed by atoms with Crippen molar-refractivity contribution in [1.29, 1.82) is 0 Å². The van der Waals surface area contributed by atoms with E-state index in [9.17, 15) is 14.4 Å². The summed E-state index contributed by atoms with van der Waals surface area (Å²) in [5, 5.41) is 0. The smallest absolute Gasteiger partial charge is 0.314 e. The Bertz CT molecular complexity index is 1320. The molecule has 0 N–H and O–H groups in total. The molecule has 0 heterocycles. The minimum Gasteiger partial charge on any atom is -0.490 e. The molecule has 0 aliphatic rings. The quantitative estimate of drug-likeness (QED) is 0.0766. The van der Waals surface area contributed by atoms with E-state index in [2.05, 4.69) is 6.58 Å². The van der Waals surface area contributed by atoms with Gasteiger partial charge in [-0.05, 0) is 97.9 Å². The van der Waals surface area contributed by atoms with Crippen molar-refractivity contribution in [2.75, 3.05) is 13.6 Å². The maximum atomic E-state index is 13.0. The normalized spacial score (nSPS) is 12.2. The fraction of sp³-hybridized carbons (Fsp3) is 0.457. The highest BCUT2D eigenvalue weighted by Crippen LogP contribution is 2.39. The van der Waals surface area contributed by atoms with Crippen LogP contribution in [0.4, 0.5) is 0 Å². The van der Waals surface area contributed by atoms with Gasteiger partial charge in [0.05, 0.1) is 16.9 Å². The molecule has 0 unspecified atom stereocenters. The molecule has 0 saturated heterocycles. The van der Waals surface area contributed by atoms with Crippen molar-refractivity contribution in [1.82, 2.24) is 0 Å². The van der Waals surface area contributed by atoms with Crippen molar-refractivity contribution in [3.8, 4) is 17.2 Å². The highest BCUT2D eigenvalue weighted by molar-refractivity contribution is 6.07. The maximum absolute atomic E-state index is 13.0. The van der Waals surface area contributed by atoms with E-state index in [0.717, 1.165) is 5.56 Å². The van der Waals surface area contributed by atoms with E-state index >= 15 is 0 Å². The molecule has 0 amide bonds. The Morgan fingerprint density at radius 1 is 0.791 bits per heavy atom. The third-order valence-corrected chi connectivity index (χ3v) is 6.28. The Labute approximate surface area is 256 Å². The van der Waals surface area contributed by atoms with E-state index in [1.165, 1.54) is 6.08 Å². The van der Waals surface area contributed by atoms with Crippen molar-refractivity contribution in [3.63, 3.8) is 0 Å². The van der Waals surface area contributed by atoms with Crippen LogP contribution < -0.4 is 14.2 Å². The van der Waals surface area contributed by atoms with Crippen molar-refractivity contribution in [3.05, 3.63) is 71.8 Å². The third kappa shape index (κ3) is 10.6. The number of carbonyl (C=O) groups excluding carboxylic acids is 3. The van der Waals surface area contributed by atoms with Gasteiger partial charge >= 0.3 is 11.9 Å². The molecule has 0 radical (unpaired) electrons. The minimum atomic E-state index is -0.659. The summed E-state index contributed by atoms with van der Waals surface area (Å²) >= 11 is 0. The van der Waals surface area contributed by atoms with Crippen LogP contribution >= 0.6 is 0 Å². The lowest BCUT2D eigenvalue weighted by Crippen LogP contribution is -2.25.